The monoisotopic (exact) mass is 457 g/mol. The summed E-state index contributed by atoms with van der Waals surface area (Å²) < 4.78 is 6.09. The normalized spacial score (nSPS) is 23.5. The average Bonchev–Trinajstić information content (AvgIpc) is 2.74. The van der Waals surface area contributed by atoms with E-state index in [-0.39, 0.29) is 34.9 Å². The molecule has 1 heterocycles. The minimum absolute atomic E-state index is 0.112. The van der Waals surface area contributed by atoms with Gasteiger partial charge in [-0.15, -0.1) is 6.42 Å². The van der Waals surface area contributed by atoms with Gasteiger partial charge in [-0.25, -0.2) is 0 Å². The SMILES string of the molecule is C#CCOc1ccc2c(c1C1C3=C(CC(C)(C)CC3=O)NC3=C1C(=O)CC(C)(C)C3)CCCC2. The summed E-state index contributed by atoms with van der Waals surface area (Å²) in [5.41, 5.74) is 6.88. The lowest BCUT2D eigenvalue weighted by molar-refractivity contribution is -0.119. The lowest BCUT2D eigenvalue weighted by Gasteiger charge is -2.44. The van der Waals surface area contributed by atoms with Crippen molar-refractivity contribution in [2.75, 3.05) is 6.61 Å². The first-order chi connectivity index (χ1) is 16.1. The van der Waals surface area contributed by atoms with Crippen LogP contribution >= 0.6 is 0 Å². The maximum Gasteiger partial charge on any atom is 0.162 e. The third-order valence-electron chi connectivity index (χ3n) is 7.86. The molecule has 0 bridgehead atoms. The molecule has 1 aromatic rings. The highest BCUT2D eigenvalue weighted by Gasteiger charge is 2.47. The number of nitrogens with one attached hydrogen (secondary N) is 1. The van der Waals surface area contributed by atoms with E-state index < -0.39 is 0 Å². The minimum atomic E-state index is -0.376. The van der Waals surface area contributed by atoms with Crippen molar-refractivity contribution >= 4 is 11.6 Å². The zero-order chi connectivity index (χ0) is 24.3. The van der Waals surface area contributed by atoms with Crippen molar-refractivity contribution in [3.8, 4) is 18.1 Å². The van der Waals surface area contributed by atoms with Crippen molar-refractivity contribution in [3.05, 3.63) is 51.4 Å². The van der Waals surface area contributed by atoms with Gasteiger partial charge in [-0.1, -0.05) is 39.7 Å². The molecule has 0 atom stereocenters. The van der Waals surface area contributed by atoms with Crippen LogP contribution in [0.25, 0.3) is 0 Å². The van der Waals surface area contributed by atoms with Crippen LogP contribution < -0.4 is 10.1 Å². The van der Waals surface area contributed by atoms with Crippen molar-refractivity contribution in [2.45, 2.75) is 85.0 Å². The van der Waals surface area contributed by atoms with Gasteiger partial charge in [-0.05, 0) is 66.5 Å². The number of ether oxygens (including phenoxy) is 1. The zero-order valence-corrected chi connectivity index (χ0v) is 20.9. The summed E-state index contributed by atoms with van der Waals surface area (Å²) in [6.45, 7) is 8.76. The van der Waals surface area contributed by atoms with E-state index >= 15 is 0 Å². The fourth-order valence-corrected chi connectivity index (χ4v) is 6.57. The molecule has 3 aliphatic carbocycles. The molecule has 4 nitrogen and oxygen atoms in total. The molecular formula is C30H35NO3. The predicted molar refractivity (Wildman–Crippen MR) is 133 cm³/mol. The molecule has 0 radical (unpaired) electrons. The second kappa shape index (κ2) is 8.15. The fraction of sp³-hybridized carbons (Fsp3) is 0.533. The zero-order valence-electron chi connectivity index (χ0n) is 20.9. The van der Waals surface area contributed by atoms with Crippen LogP contribution in [0.15, 0.2) is 34.7 Å². The summed E-state index contributed by atoms with van der Waals surface area (Å²) in [7, 11) is 0. The van der Waals surface area contributed by atoms with Crippen molar-refractivity contribution in [2.24, 2.45) is 10.8 Å². The van der Waals surface area contributed by atoms with Crippen LogP contribution in [-0.2, 0) is 22.4 Å². The average molecular weight is 458 g/mol. The van der Waals surface area contributed by atoms with Gasteiger partial charge in [0, 0.05) is 46.9 Å². The molecule has 0 spiro atoms. The number of Topliss-reactive ketones (excluding diaryl/α,β-unsaturated/α-hetero) is 2. The molecular weight excluding hydrogens is 422 g/mol. The molecule has 5 rings (SSSR count). The molecule has 0 saturated heterocycles. The van der Waals surface area contributed by atoms with E-state index in [9.17, 15) is 9.59 Å². The molecule has 1 aliphatic heterocycles. The number of aryl methyl sites for hydroxylation is 1. The highest BCUT2D eigenvalue weighted by atomic mass is 16.5. The van der Waals surface area contributed by atoms with Gasteiger partial charge in [0.1, 0.15) is 12.4 Å². The van der Waals surface area contributed by atoms with E-state index in [2.05, 4.69) is 45.0 Å². The Labute approximate surface area is 203 Å². The standard InChI is InChI=1S/C30H35NO3/c1-6-13-34-24-12-11-18-9-7-8-10-19(18)25(24)28-26-20(14-29(2,3)16-22(26)32)31-21-15-30(4,5)17-23(33)27(21)28/h1,11-12,28,31H,7-10,13-17H2,2-5H3. The van der Waals surface area contributed by atoms with Gasteiger partial charge >= 0.3 is 0 Å². The Kier molecular flexibility index (Phi) is 5.51. The molecule has 1 N–H and O–H groups in total. The highest BCUT2D eigenvalue weighted by molar-refractivity contribution is 6.07. The Hall–Kier alpha value is -2.80. The van der Waals surface area contributed by atoms with Crippen molar-refractivity contribution in [1.82, 2.24) is 5.32 Å². The maximum atomic E-state index is 13.7. The molecule has 1 aromatic carbocycles. The lowest BCUT2D eigenvalue weighted by atomic mass is 9.63. The van der Waals surface area contributed by atoms with Crippen LogP contribution in [-0.4, -0.2) is 18.2 Å². The summed E-state index contributed by atoms with van der Waals surface area (Å²) in [5.74, 6) is 3.22. The van der Waals surface area contributed by atoms with Gasteiger partial charge in [0.15, 0.2) is 11.6 Å². The Balaban J connectivity index is 1.78. The molecule has 0 unspecified atom stereocenters. The van der Waals surface area contributed by atoms with E-state index in [1.165, 1.54) is 11.1 Å². The quantitative estimate of drug-likeness (QED) is 0.605. The number of carbonyl (C=O) groups is 2. The molecule has 0 aromatic heterocycles. The van der Waals surface area contributed by atoms with E-state index in [1.54, 1.807) is 0 Å². The van der Waals surface area contributed by atoms with Gasteiger partial charge < -0.3 is 10.1 Å². The number of dihydropyridines is 1. The molecule has 0 fully saturated rings. The van der Waals surface area contributed by atoms with Gasteiger partial charge in [-0.2, -0.15) is 0 Å². The van der Waals surface area contributed by atoms with Crippen molar-refractivity contribution in [3.63, 3.8) is 0 Å². The fourth-order valence-electron chi connectivity index (χ4n) is 6.57. The van der Waals surface area contributed by atoms with Crippen LogP contribution in [0, 0.1) is 23.2 Å². The molecule has 34 heavy (non-hydrogen) atoms. The summed E-state index contributed by atoms with van der Waals surface area (Å²) in [4.78, 5) is 27.4. The number of terminal acetylenes is 1. The summed E-state index contributed by atoms with van der Waals surface area (Å²) in [5, 5.41) is 3.62. The molecule has 0 amide bonds. The molecule has 4 heteroatoms. The van der Waals surface area contributed by atoms with Crippen LogP contribution in [0.5, 0.6) is 5.75 Å². The smallest absolute Gasteiger partial charge is 0.162 e. The van der Waals surface area contributed by atoms with Crippen molar-refractivity contribution < 1.29 is 14.3 Å². The Morgan fingerprint density at radius 3 is 2.12 bits per heavy atom. The first-order valence-electron chi connectivity index (χ1n) is 12.6. The van der Waals surface area contributed by atoms with Gasteiger partial charge in [0.05, 0.1) is 0 Å². The third-order valence-corrected chi connectivity index (χ3v) is 7.86. The maximum absolute atomic E-state index is 13.7. The van der Waals surface area contributed by atoms with Gasteiger partial charge in [0.25, 0.3) is 0 Å². The largest absolute Gasteiger partial charge is 0.481 e. The van der Waals surface area contributed by atoms with E-state index in [0.29, 0.717) is 12.8 Å². The number of benzene rings is 1. The first kappa shape index (κ1) is 23.0. The van der Waals surface area contributed by atoms with Crippen LogP contribution in [0.1, 0.15) is 88.8 Å². The number of hydrogen-bond donors (Lipinski definition) is 1. The summed E-state index contributed by atoms with van der Waals surface area (Å²) in [6.07, 6.45) is 12.3. The number of rotatable bonds is 3. The van der Waals surface area contributed by atoms with Crippen LogP contribution in [0.2, 0.25) is 0 Å². The molecule has 178 valence electrons. The van der Waals surface area contributed by atoms with Gasteiger partial charge in [0.2, 0.25) is 0 Å². The highest BCUT2D eigenvalue weighted by Crippen LogP contribution is 2.53. The van der Waals surface area contributed by atoms with Crippen LogP contribution in [0.3, 0.4) is 0 Å². The summed E-state index contributed by atoms with van der Waals surface area (Å²) in [6, 6.07) is 4.15. The topological polar surface area (TPSA) is 55.4 Å². The Bertz CT molecular complexity index is 1140. The number of allylic oxidation sites excluding steroid dienone is 4. The molecule has 0 saturated carbocycles. The number of ketones is 2. The second-order valence-electron chi connectivity index (χ2n) is 12.0. The first-order valence-corrected chi connectivity index (χ1v) is 12.6. The van der Waals surface area contributed by atoms with Crippen LogP contribution in [0.4, 0.5) is 0 Å². The Morgan fingerprint density at radius 1 is 0.941 bits per heavy atom. The van der Waals surface area contributed by atoms with E-state index in [4.69, 9.17) is 11.2 Å². The van der Waals surface area contributed by atoms with Crippen molar-refractivity contribution in [1.29, 1.82) is 0 Å². The second-order valence-corrected chi connectivity index (χ2v) is 12.0. The predicted octanol–water partition coefficient (Wildman–Crippen LogP) is 5.55. The minimum Gasteiger partial charge on any atom is -0.481 e. The Morgan fingerprint density at radius 2 is 1.53 bits per heavy atom. The van der Waals surface area contributed by atoms with Gasteiger partial charge in [-0.3, -0.25) is 9.59 Å². The third kappa shape index (κ3) is 3.90. The van der Waals surface area contributed by atoms with E-state index in [1.807, 2.05) is 6.07 Å². The summed E-state index contributed by atoms with van der Waals surface area (Å²) >= 11 is 0. The van der Waals surface area contributed by atoms with E-state index in [0.717, 1.165) is 72.4 Å². The molecule has 4 aliphatic rings. The number of hydrogen-bond acceptors (Lipinski definition) is 4. The number of fused-ring (bicyclic) bond motifs is 1. The number of carbonyl (C=O) groups excluding carboxylic acids is 2. The lowest BCUT2D eigenvalue weighted by Crippen LogP contribution is -2.42.